The van der Waals surface area contributed by atoms with Gasteiger partial charge in [-0.25, -0.2) is 9.97 Å². The van der Waals surface area contributed by atoms with Crippen molar-refractivity contribution in [1.29, 1.82) is 0 Å². The highest BCUT2D eigenvalue weighted by Crippen LogP contribution is 2.42. The summed E-state index contributed by atoms with van der Waals surface area (Å²) in [5, 5.41) is 19.7. The normalized spacial score (nSPS) is 15.2. The minimum absolute atomic E-state index is 0.250. The molecule has 2 aromatic carbocycles. The molecule has 4 aromatic heterocycles. The quantitative estimate of drug-likeness (QED) is 0.154. The third kappa shape index (κ3) is 6.02. The molecule has 5 heterocycles. The average Bonchev–Trinajstić information content (AvgIpc) is 3.47. The van der Waals surface area contributed by atoms with E-state index in [0.717, 1.165) is 64.4 Å². The smallest absolute Gasteiger partial charge is 0.156 e. The molecule has 6 aromatic rings. The molecule has 45 heavy (non-hydrogen) atoms. The highest BCUT2D eigenvalue weighted by atomic mass is 35.5. The first-order valence-electron chi connectivity index (χ1n) is 15.0. The van der Waals surface area contributed by atoms with E-state index in [4.69, 9.17) is 28.2 Å². The lowest BCUT2D eigenvalue weighted by molar-refractivity contribution is 0.175. The van der Waals surface area contributed by atoms with Crippen molar-refractivity contribution >= 4 is 68.0 Å². The Morgan fingerprint density at radius 3 is 1.87 bits per heavy atom. The summed E-state index contributed by atoms with van der Waals surface area (Å²) in [6.45, 7) is 4.44. The zero-order chi connectivity index (χ0) is 30.9. The summed E-state index contributed by atoms with van der Waals surface area (Å²) in [7, 11) is 0. The van der Waals surface area contributed by atoms with Crippen LogP contribution in [-0.2, 0) is 13.0 Å². The lowest BCUT2D eigenvalue weighted by atomic mass is 10.0. The molecule has 10 heteroatoms. The summed E-state index contributed by atoms with van der Waals surface area (Å²) >= 11 is 14.0. The predicted octanol–water partition coefficient (Wildman–Crippen LogP) is 8.16. The van der Waals surface area contributed by atoms with E-state index in [-0.39, 0.29) is 6.10 Å². The number of hydrogen-bond acceptors (Lipinski definition) is 8. The zero-order valence-corrected chi connectivity index (χ0v) is 26.1. The van der Waals surface area contributed by atoms with Crippen LogP contribution in [0, 0.1) is 0 Å². The maximum atomic E-state index is 9.88. The van der Waals surface area contributed by atoms with Crippen molar-refractivity contribution in [2.45, 2.75) is 32.4 Å². The van der Waals surface area contributed by atoms with E-state index in [0.29, 0.717) is 39.6 Å². The fourth-order valence-electron chi connectivity index (χ4n) is 5.82. The predicted molar refractivity (Wildman–Crippen MR) is 183 cm³/mol. The number of aliphatic hydroxyl groups excluding tert-OH is 1. The van der Waals surface area contributed by atoms with E-state index in [2.05, 4.69) is 49.5 Å². The number of pyridine rings is 4. The molecule has 7 rings (SSSR count). The van der Waals surface area contributed by atoms with Crippen molar-refractivity contribution in [2.75, 3.05) is 23.7 Å². The average molecular weight is 637 g/mol. The standard InChI is InChI=1S/C35H31Cl2N7O/c1-2-21-15-23-9-12-38-34(32(23)40-17-21)42-28-7-3-5-26(30(28)36)27-6-4-8-29(31(27)37)43-35-33-24(10-13-39-35)16-22(18-41-33)19-44-14-11-25(45)20-44/h3-10,12-13,15-18,25,45H,2,11,14,19-20H2,1H3,(H,38,42)(H,39,43)/t25-/m1/s1. The maximum Gasteiger partial charge on any atom is 0.156 e. The molecule has 0 spiro atoms. The van der Waals surface area contributed by atoms with Crippen LogP contribution in [0.5, 0.6) is 0 Å². The minimum Gasteiger partial charge on any atom is -0.392 e. The Kier molecular flexibility index (Phi) is 8.21. The molecule has 1 aliphatic heterocycles. The Labute approximate surface area is 271 Å². The molecule has 1 aliphatic rings. The molecule has 1 atom stereocenters. The Bertz CT molecular complexity index is 2040. The van der Waals surface area contributed by atoms with Crippen LogP contribution in [0.25, 0.3) is 32.9 Å². The van der Waals surface area contributed by atoms with Gasteiger partial charge >= 0.3 is 0 Å². The molecule has 0 saturated carbocycles. The van der Waals surface area contributed by atoms with Crippen LogP contribution in [0.15, 0.2) is 85.5 Å². The van der Waals surface area contributed by atoms with E-state index in [1.807, 2.05) is 60.9 Å². The molecule has 1 saturated heterocycles. The molecule has 0 amide bonds. The van der Waals surface area contributed by atoms with Gasteiger partial charge in [0.2, 0.25) is 0 Å². The van der Waals surface area contributed by atoms with Crippen molar-refractivity contribution in [3.8, 4) is 11.1 Å². The highest BCUT2D eigenvalue weighted by molar-refractivity contribution is 6.39. The Morgan fingerprint density at radius 1 is 0.778 bits per heavy atom. The zero-order valence-electron chi connectivity index (χ0n) is 24.6. The number of halogens is 2. The molecule has 0 radical (unpaired) electrons. The second-order valence-corrected chi connectivity index (χ2v) is 12.0. The molecule has 226 valence electrons. The molecular formula is C35H31Cl2N7O. The number of benzene rings is 2. The van der Waals surface area contributed by atoms with E-state index in [1.165, 1.54) is 5.56 Å². The Morgan fingerprint density at radius 2 is 1.33 bits per heavy atom. The number of aliphatic hydroxyl groups is 1. The van der Waals surface area contributed by atoms with Gasteiger partial charge in [0.25, 0.3) is 0 Å². The number of fused-ring (bicyclic) bond motifs is 2. The number of β-amino-alcohol motifs (C(OH)–C–C–N with tert-alkyl or cyclic N) is 1. The number of rotatable bonds is 8. The second-order valence-electron chi connectivity index (χ2n) is 11.3. The summed E-state index contributed by atoms with van der Waals surface area (Å²) in [6.07, 6.45) is 8.76. The first-order chi connectivity index (χ1) is 22.0. The number of nitrogens with zero attached hydrogens (tertiary/aromatic N) is 5. The van der Waals surface area contributed by atoms with E-state index in [1.54, 1.807) is 12.4 Å². The second kappa shape index (κ2) is 12.6. The number of aromatic nitrogens is 4. The van der Waals surface area contributed by atoms with Gasteiger partial charge in [0.15, 0.2) is 11.6 Å². The van der Waals surface area contributed by atoms with Crippen LogP contribution in [-0.4, -0.2) is 49.1 Å². The van der Waals surface area contributed by atoms with Crippen LogP contribution >= 0.6 is 23.2 Å². The summed E-state index contributed by atoms with van der Waals surface area (Å²) in [4.78, 5) is 20.8. The van der Waals surface area contributed by atoms with Crippen LogP contribution in [0.3, 0.4) is 0 Å². The van der Waals surface area contributed by atoms with Crippen molar-refractivity contribution in [3.05, 3.63) is 107 Å². The van der Waals surface area contributed by atoms with Gasteiger partial charge in [-0.15, -0.1) is 0 Å². The van der Waals surface area contributed by atoms with Gasteiger partial charge in [0, 0.05) is 66.3 Å². The van der Waals surface area contributed by atoms with Gasteiger partial charge < -0.3 is 15.7 Å². The molecule has 0 aliphatic carbocycles. The number of aryl methyl sites for hydroxylation is 1. The highest BCUT2D eigenvalue weighted by Gasteiger charge is 2.21. The summed E-state index contributed by atoms with van der Waals surface area (Å²) in [5.41, 5.74) is 6.72. The van der Waals surface area contributed by atoms with Crippen LogP contribution in [0.1, 0.15) is 24.5 Å². The minimum atomic E-state index is -0.250. The maximum absolute atomic E-state index is 9.88. The molecule has 0 bridgehead atoms. The number of nitrogens with one attached hydrogen (secondary N) is 2. The van der Waals surface area contributed by atoms with Crippen molar-refractivity contribution in [2.24, 2.45) is 0 Å². The summed E-state index contributed by atoms with van der Waals surface area (Å²) < 4.78 is 0. The van der Waals surface area contributed by atoms with Crippen LogP contribution in [0.4, 0.5) is 23.0 Å². The van der Waals surface area contributed by atoms with Crippen LogP contribution in [0.2, 0.25) is 10.0 Å². The topological polar surface area (TPSA) is 99.1 Å². The van der Waals surface area contributed by atoms with E-state index < -0.39 is 0 Å². The van der Waals surface area contributed by atoms with E-state index in [9.17, 15) is 5.11 Å². The fraction of sp³-hybridized carbons (Fsp3) is 0.200. The molecule has 1 fully saturated rings. The Balaban J connectivity index is 1.17. The third-order valence-electron chi connectivity index (χ3n) is 8.17. The third-order valence-corrected chi connectivity index (χ3v) is 8.98. The van der Waals surface area contributed by atoms with Crippen molar-refractivity contribution in [1.82, 2.24) is 24.8 Å². The first-order valence-corrected chi connectivity index (χ1v) is 15.7. The summed E-state index contributed by atoms with van der Waals surface area (Å²) in [5.74, 6) is 1.24. The van der Waals surface area contributed by atoms with Crippen molar-refractivity contribution < 1.29 is 5.11 Å². The monoisotopic (exact) mass is 635 g/mol. The van der Waals surface area contributed by atoms with Gasteiger partial charge in [-0.2, -0.15) is 0 Å². The summed E-state index contributed by atoms with van der Waals surface area (Å²) in [6, 6.07) is 19.7. The number of hydrogen-bond donors (Lipinski definition) is 3. The lowest BCUT2D eigenvalue weighted by Crippen LogP contribution is -2.21. The van der Waals surface area contributed by atoms with Gasteiger partial charge in [0.05, 0.1) is 27.5 Å². The molecule has 8 nitrogen and oxygen atoms in total. The largest absolute Gasteiger partial charge is 0.392 e. The van der Waals surface area contributed by atoms with Crippen LogP contribution < -0.4 is 10.6 Å². The SMILES string of the molecule is CCc1cnc2c(Nc3cccc(-c4cccc(Nc5nccc6cc(CN7CC[C@@H](O)C7)cnc56)c4Cl)c3Cl)nccc2c1. The Hall–Kier alpha value is -4.34. The molecular weight excluding hydrogens is 605 g/mol. The molecule has 3 N–H and O–H groups in total. The van der Waals surface area contributed by atoms with Crippen molar-refractivity contribution in [3.63, 3.8) is 0 Å². The fourth-order valence-corrected chi connectivity index (χ4v) is 6.37. The van der Waals surface area contributed by atoms with E-state index >= 15 is 0 Å². The number of likely N-dealkylation sites (tertiary alicyclic amines) is 1. The van der Waals surface area contributed by atoms with Gasteiger partial charge in [-0.3, -0.25) is 14.9 Å². The van der Waals surface area contributed by atoms with Gasteiger partial charge in [0.1, 0.15) is 11.0 Å². The first kappa shape index (κ1) is 29.4. The number of anilines is 4. The van der Waals surface area contributed by atoms with Gasteiger partial charge in [-0.1, -0.05) is 54.4 Å². The van der Waals surface area contributed by atoms with Gasteiger partial charge in [-0.05, 0) is 60.4 Å². The molecule has 0 unspecified atom stereocenters. The lowest BCUT2D eigenvalue weighted by Gasteiger charge is -2.17.